The predicted molar refractivity (Wildman–Crippen MR) is 80.3 cm³/mol. The Bertz CT molecular complexity index is 471. The van der Waals surface area contributed by atoms with Crippen LogP contribution in [0.4, 0.5) is 5.13 Å². The standard InChI is InChI=1S/C14H22N4OS/c15-14-17-7-12(20-14)9-18-5-1-2-11(8-18)13(19)16-6-10-3-4-10/h7,10-11H,1-6,8-9H2,(H2,15,17)(H,16,19). The molecule has 0 spiro atoms. The molecule has 1 aromatic heterocycles. The molecule has 1 aliphatic heterocycles. The molecular weight excluding hydrogens is 272 g/mol. The molecule has 1 unspecified atom stereocenters. The SMILES string of the molecule is Nc1ncc(CN2CCCC(C(=O)NCC3CC3)C2)s1. The van der Waals surface area contributed by atoms with Gasteiger partial charge in [-0.15, -0.1) is 11.3 Å². The number of nitrogen functional groups attached to an aromatic ring is 1. The maximum atomic E-state index is 12.2. The average molecular weight is 294 g/mol. The number of carbonyl (C=O) groups excluding carboxylic acids is 1. The fourth-order valence-corrected chi connectivity index (χ4v) is 3.47. The molecule has 20 heavy (non-hydrogen) atoms. The summed E-state index contributed by atoms with van der Waals surface area (Å²) in [5.41, 5.74) is 5.66. The lowest BCUT2D eigenvalue weighted by molar-refractivity contribution is -0.126. The van der Waals surface area contributed by atoms with Crippen LogP contribution in [0.1, 0.15) is 30.6 Å². The molecule has 1 saturated carbocycles. The van der Waals surface area contributed by atoms with Crippen LogP contribution in [-0.4, -0.2) is 35.4 Å². The summed E-state index contributed by atoms with van der Waals surface area (Å²) in [6.07, 6.45) is 6.51. The minimum atomic E-state index is 0.146. The van der Waals surface area contributed by atoms with Crippen LogP contribution in [0.25, 0.3) is 0 Å². The van der Waals surface area contributed by atoms with Gasteiger partial charge in [0.25, 0.3) is 0 Å². The number of hydrogen-bond acceptors (Lipinski definition) is 5. The van der Waals surface area contributed by atoms with E-state index >= 15 is 0 Å². The average Bonchev–Trinajstić information content (AvgIpc) is 3.19. The van der Waals surface area contributed by atoms with E-state index < -0.39 is 0 Å². The topological polar surface area (TPSA) is 71.2 Å². The van der Waals surface area contributed by atoms with Gasteiger partial charge in [-0.25, -0.2) is 4.98 Å². The normalized spacial score (nSPS) is 23.7. The van der Waals surface area contributed by atoms with E-state index in [9.17, 15) is 4.79 Å². The van der Waals surface area contributed by atoms with Gasteiger partial charge in [0.05, 0.1) is 5.92 Å². The third-order valence-corrected chi connectivity index (χ3v) is 4.90. The first-order chi connectivity index (χ1) is 9.70. The maximum absolute atomic E-state index is 12.2. The summed E-state index contributed by atoms with van der Waals surface area (Å²) in [7, 11) is 0. The number of hydrogen-bond donors (Lipinski definition) is 2. The van der Waals surface area contributed by atoms with Gasteiger partial charge in [0, 0.05) is 30.7 Å². The largest absolute Gasteiger partial charge is 0.375 e. The Balaban J connectivity index is 1.48. The van der Waals surface area contributed by atoms with Crippen molar-refractivity contribution in [3.05, 3.63) is 11.1 Å². The number of likely N-dealkylation sites (tertiary alicyclic amines) is 1. The molecule has 6 heteroatoms. The predicted octanol–water partition coefficient (Wildman–Crippen LogP) is 1.46. The van der Waals surface area contributed by atoms with Gasteiger partial charge in [0.2, 0.25) is 5.91 Å². The minimum Gasteiger partial charge on any atom is -0.375 e. The lowest BCUT2D eigenvalue weighted by Crippen LogP contribution is -2.43. The number of nitrogens with one attached hydrogen (secondary N) is 1. The Morgan fingerprint density at radius 2 is 2.35 bits per heavy atom. The van der Waals surface area contributed by atoms with Crippen molar-refractivity contribution in [3.63, 3.8) is 0 Å². The quantitative estimate of drug-likeness (QED) is 0.862. The second-order valence-electron chi connectivity index (χ2n) is 5.93. The summed E-state index contributed by atoms with van der Waals surface area (Å²) in [4.78, 5) is 19.8. The van der Waals surface area contributed by atoms with E-state index in [2.05, 4.69) is 15.2 Å². The summed E-state index contributed by atoms with van der Waals surface area (Å²) in [5, 5.41) is 3.73. The van der Waals surface area contributed by atoms with Crippen LogP contribution in [0.5, 0.6) is 0 Å². The van der Waals surface area contributed by atoms with E-state index in [1.807, 2.05) is 6.20 Å². The van der Waals surface area contributed by atoms with Crippen molar-refractivity contribution < 1.29 is 4.79 Å². The molecule has 0 radical (unpaired) electrons. The monoisotopic (exact) mass is 294 g/mol. The van der Waals surface area contributed by atoms with Crippen LogP contribution in [0, 0.1) is 11.8 Å². The highest BCUT2D eigenvalue weighted by Crippen LogP contribution is 2.28. The summed E-state index contributed by atoms with van der Waals surface area (Å²) < 4.78 is 0. The van der Waals surface area contributed by atoms with Crippen molar-refractivity contribution in [2.24, 2.45) is 11.8 Å². The fourth-order valence-electron chi connectivity index (χ4n) is 2.74. The van der Waals surface area contributed by atoms with Crippen molar-refractivity contribution >= 4 is 22.4 Å². The molecule has 1 amide bonds. The molecule has 2 fully saturated rings. The Labute approximate surface area is 123 Å². The Hall–Kier alpha value is -1.14. The number of amides is 1. The first-order valence-corrected chi connectivity index (χ1v) is 8.22. The lowest BCUT2D eigenvalue weighted by Gasteiger charge is -2.31. The number of rotatable bonds is 5. The smallest absolute Gasteiger partial charge is 0.224 e. The zero-order valence-corrected chi connectivity index (χ0v) is 12.5. The summed E-state index contributed by atoms with van der Waals surface area (Å²) in [6, 6.07) is 0. The molecule has 110 valence electrons. The Kier molecular flexibility index (Phi) is 4.21. The van der Waals surface area contributed by atoms with Crippen LogP contribution in [0.2, 0.25) is 0 Å². The summed E-state index contributed by atoms with van der Waals surface area (Å²) in [5.74, 6) is 1.14. The second kappa shape index (κ2) is 6.10. The van der Waals surface area contributed by atoms with Crippen LogP contribution >= 0.6 is 11.3 Å². The van der Waals surface area contributed by atoms with Crippen LogP contribution < -0.4 is 11.1 Å². The third kappa shape index (κ3) is 3.70. The third-order valence-electron chi connectivity index (χ3n) is 4.09. The highest BCUT2D eigenvalue weighted by molar-refractivity contribution is 7.15. The summed E-state index contributed by atoms with van der Waals surface area (Å²) >= 11 is 1.54. The van der Waals surface area contributed by atoms with Gasteiger partial charge in [0.15, 0.2) is 5.13 Å². The zero-order chi connectivity index (χ0) is 13.9. The Morgan fingerprint density at radius 3 is 3.05 bits per heavy atom. The number of thiazole rings is 1. The molecule has 1 saturated heterocycles. The number of nitrogens with zero attached hydrogens (tertiary/aromatic N) is 2. The first-order valence-electron chi connectivity index (χ1n) is 7.41. The molecule has 3 N–H and O–H groups in total. The molecule has 5 nitrogen and oxygen atoms in total. The summed E-state index contributed by atoms with van der Waals surface area (Å²) in [6.45, 7) is 3.65. The fraction of sp³-hybridized carbons (Fsp3) is 0.714. The van der Waals surface area contributed by atoms with Crippen molar-refractivity contribution in [2.45, 2.75) is 32.2 Å². The second-order valence-corrected chi connectivity index (χ2v) is 7.07. The molecule has 1 atom stereocenters. The van der Waals surface area contributed by atoms with Crippen LogP contribution in [0.3, 0.4) is 0 Å². The number of piperidine rings is 1. The minimum absolute atomic E-state index is 0.146. The van der Waals surface area contributed by atoms with Gasteiger partial charge >= 0.3 is 0 Å². The van der Waals surface area contributed by atoms with E-state index in [0.29, 0.717) is 5.13 Å². The maximum Gasteiger partial charge on any atom is 0.224 e. The molecular formula is C14H22N4OS. The van der Waals surface area contributed by atoms with E-state index in [1.54, 1.807) is 0 Å². The van der Waals surface area contributed by atoms with Gasteiger partial charge in [-0.05, 0) is 38.1 Å². The van der Waals surface area contributed by atoms with Gasteiger partial charge in [-0.2, -0.15) is 0 Å². The van der Waals surface area contributed by atoms with Crippen LogP contribution in [-0.2, 0) is 11.3 Å². The molecule has 1 aromatic rings. The van der Waals surface area contributed by atoms with Gasteiger partial charge in [0.1, 0.15) is 0 Å². The molecule has 2 heterocycles. The number of aromatic nitrogens is 1. The zero-order valence-electron chi connectivity index (χ0n) is 11.7. The van der Waals surface area contributed by atoms with Crippen molar-refractivity contribution in [1.82, 2.24) is 15.2 Å². The van der Waals surface area contributed by atoms with Crippen molar-refractivity contribution in [2.75, 3.05) is 25.4 Å². The van der Waals surface area contributed by atoms with Crippen molar-refractivity contribution in [3.8, 4) is 0 Å². The first kappa shape index (κ1) is 13.8. The van der Waals surface area contributed by atoms with Crippen molar-refractivity contribution in [1.29, 1.82) is 0 Å². The van der Waals surface area contributed by atoms with Gasteiger partial charge in [-0.1, -0.05) is 0 Å². The molecule has 1 aliphatic carbocycles. The molecule has 3 rings (SSSR count). The molecule has 0 bridgehead atoms. The van der Waals surface area contributed by atoms with Gasteiger partial charge < -0.3 is 11.1 Å². The number of nitrogens with two attached hydrogens (primary N) is 1. The number of carbonyl (C=O) groups is 1. The van der Waals surface area contributed by atoms with E-state index in [0.717, 1.165) is 44.9 Å². The highest BCUT2D eigenvalue weighted by Gasteiger charge is 2.28. The van der Waals surface area contributed by atoms with E-state index in [-0.39, 0.29) is 11.8 Å². The highest BCUT2D eigenvalue weighted by atomic mass is 32.1. The Morgan fingerprint density at radius 1 is 1.50 bits per heavy atom. The lowest BCUT2D eigenvalue weighted by atomic mass is 9.97. The molecule has 2 aliphatic rings. The number of anilines is 1. The molecule has 0 aromatic carbocycles. The van der Waals surface area contributed by atoms with E-state index in [4.69, 9.17) is 5.73 Å². The van der Waals surface area contributed by atoms with E-state index in [1.165, 1.54) is 29.1 Å². The van der Waals surface area contributed by atoms with Crippen LogP contribution in [0.15, 0.2) is 6.20 Å². The van der Waals surface area contributed by atoms with Gasteiger partial charge in [-0.3, -0.25) is 9.69 Å².